The van der Waals surface area contributed by atoms with Crippen LogP contribution in [0.3, 0.4) is 0 Å². The molecule has 1 aliphatic carbocycles. The number of fused-ring (bicyclic) bond motifs is 5. The molecule has 4 aliphatic rings. The molecule has 9 nitrogen and oxygen atoms in total. The van der Waals surface area contributed by atoms with Crippen LogP contribution < -0.4 is 21.3 Å². The molecule has 0 radical (unpaired) electrons. The van der Waals surface area contributed by atoms with Crippen LogP contribution in [-0.2, 0) is 37.6 Å². The second kappa shape index (κ2) is 7.62. The van der Waals surface area contributed by atoms with Crippen molar-refractivity contribution in [1.82, 2.24) is 5.32 Å². The average Bonchev–Trinajstić information content (AvgIpc) is 3.50. The van der Waals surface area contributed by atoms with E-state index in [1.165, 1.54) is 11.3 Å². The lowest BCUT2D eigenvalue weighted by atomic mass is 9.76. The standard InChI is InChI=1S/C24H20ClN5O4S/c25-10-5-6-14-13(7-10)24(23(34)28-14)19-18(15(29-24)8-17(27)31)20(32)30(21(19)33)22-12(9-26)11-3-1-2-4-16(11)35-22/h5-7,15,18-19,29H,1-4,8H2,(H2,27,31)(H,28,34)/t15?,18-,19+,24?/m0/s1. The molecule has 1 aromatic heterocycles. The summed E-state index contributed by atoms with van der Waals surface area (Å²) in [5.41, 5.74) is 6.07. The van der Waals surface area contributed by atoms with Gasteiger partial charge in [-0.3, -0.25) is 24.5 Å². The van der Waals surface area contributed by atoms with Crippen molar-refractivity contribution in [1.29, 1.82) is 5.26 Å². The summed E-state index contributed by atoms with van der Waals surface area (Å²) in [6.07, 6.45) is 3.21. The molecule has 1 spiro atoms. The van der Waals surface area contributed by atoms with Crippen molar-refractivity contribution < 1.29 is 19.2 Å². The maximum Gasteiger partial charge on any atom is 0.250 e. The Bertz CT molecular complexity index is 1400. The van der Waals surface area contributed by atoms with Crippen LogP contribution in [0.4, 0.5) is 10.7 Å². The first kappa shape index (κ1) is 22.2. The van der Waals surface area contributed by atoms with Gasteiger partial charge in [0.25, 0.3) is 0 Å². The van der Waals surface area contributed by atoms with Gasteiger partial charge in [0, 0.05) is 33.6 Å². The average molecular weight is 510 g/mol. The second-order valence-corrected chi connectivity index (χ2v) is 10.9. The molecular formula is C24H20ClN5O4S. The van der Waals surface area contributed by atoms with Gasteiger partial charge in [-0.2, -0.15) is 5.26 Å². The summed E-state index contributed by atoms with van der Waals surface area (Å²) in [5.74, 6) is -4.38. The molecule has 0 bridgehead atoms. The van der Waals surface area contributed by atoms with Gasteiger partial charge in [-0.1, -0.05) is 11.6 Å². The lowest BCUT2D eigenvalue weighted by molar-refractivity contribution is -0.130. The zero-order valence-corrected chi connectivity index (χ0v) is 20.0. The van der Waals surface area contributed by atoms with E-state index in [9.17, 15) is 24.4 Å². The van der Waals surface area contributed by atoms with Crippen LogP contribution in [0.1, 0.15) is 40.8 Å². The smallest absolute Gasteiger partial charge is 0.250 e. The fraction of sp³-hybridized carbons (Fsp3) is 0.375. The van der Waals surface area contributed by atoms with Crippen LogP contribution in [0.2, 0.25) is 5.02 Å². The third kappa shape index (κ3) is 2.89. The quantitative estimate of drug-likeness (QED) is 0.539. The molecule has 0 saturated carbocycles. The number of carbonyl (C=O) groups excluding carboxylic acids is 4. The second-order valence-electron chi connectivity index (χ2n) is 9.39. The van der Waals surface area contributed by atoms with Gasteiger partial charge in [-0.25, -0.2) is 4.90 Å². The molecule has 2 saturated heterocycles. The zero-order valence-electron chi connectivity index (χ0n) is 18.4. The Morgan fingerprint density at radius 1 is 1.26 bits per heavy atom. The predicted octanol–water partition coefficient (Wildman–Crippen LogP) is 1.95. The molecule has 2 unspecified atom stereocenters. The highest BCUT2D eigenvalue weighted by molar-refractivity contribution is 7.17. The van der Waals surface area contributed by atoms with Gasteiger partial charge in [0.05, 0.1) is 17.4 Å². The molecule has 178 valence electrons. The normalized spacial score (nSPS) is 28.6. The lowest BCUT2D eigenvalue weighted by Gasteiger charge is -2.29. The Balaban J connectivity index is 1.53. The van der Waals surface area contributed by atoms with Gasteiger partial charge in [-0.15, -0.1) is 11.3 Å². The third-order valence-electron chi connectivity index (χ3n) is 7.57. The van der Waals surface area contributed by atoms with Gasteiger partial charge in [0.2, 0.25) is 23.6 Å². The van der Waals surface area contributed by atoms with Crippen LogP contribution >= 0.6 is 22.9 Å². The highest BCUT2D eigenvalue weighted by atomic mass is 35.5. The number of nitrogens with zero attached hydrogens (tertiary/aromatic N) is 2. The Kier molecular flexibility index (Phi) is 4.84. The Labute approximate surface area is 209 Å². The van der Waals surface area contributed by atoms with Crippen molar-refractivity contribution in [2.45, 2.75) is 43.7 Å². The minimum absolute atomic E-state index is 0.231. The number of hydrogen-bond donors (Lipinski definition) is 3. The van der Waals surface area contributed by atoms with Crippen LogP contribution in [-0.4, -0.2) is 29.7 Å². The van der Waals surface area contributed by atoms with Crippen LogP contribution in [0.25, 0.3) is 0 Å². The van der Waals surface area contributed by atoms with E-state index in [1.807, 2.05) is 0 Å². The van der Waals surface area contributed by atoms with Crippen molar-refractivity contribution in [3.63, 3.8) is 0 Å². The summed E-state index contributed by atoms with van der Waals surface area (Å²) in [7, 11) is 0. The fourth-order valence-electron chi connectivity index (χ4n) is 6.19. The van der Waals surface area contributed by atoms with Crippen LogP contribution in [0.15, 0.2) is 18.2 Å². The number of halogens is 1. The number of nitriles is 1. The molecule has 35 heavy (non-hydrogen) atoms. The van der Waals surface area contributed by atoms with E-state index >= 15 is 0 Å². The first-order valence-electron chi connectivity index (χ1n) is 11.4. The predicted molar refractivity (Wildman–Crippen MR) is 128 cm³/mol. The number of thiophene rings is 1. The van der Waals surface area contributed by atoms with Gasteiger partial charge in [-0.05, 0) is 49.4 Å². The third-order valence-corrected chi connectivity index (χ3v) is 9.08. The maximum atomic E-state index is 14.0. The van der Waals surface area contributed by atoms with Crippen molar-refractivity contribution in [3.8, 4) is 6.07 Å². The number of hydrogen-bond acceptors (Lipinski definition) is 7. The summed E-state index contributed by atoms with van der Waals surface area (Å²) < 4.78 is 0. The SMILES string of the molecule is N#Cc1c(N2C(=O)[C@H]3C(CC(N)=O)NC4(C(=O)Nc5ccc(Cl)cc54)[C@H]3C2=O)sc2c1CCCC2. The van der Waals surface area contributed by atoms with Crippen molar-refractivity contribution in [3.05, 3.63) is 44.8 Å². The number of primary amides is 1. The molecule has 2 aromatic rings. The van der Waals surface area contributed by atoms with E-state index in [1.54, 1.807) is 18.2 Å². The monoisotopic (exact) mass is 509 g/mol. The number of imide groups is 1. The number of nitrogens with one attached hydrogen (secondary N) is 2. The number of rotatable bonds is 3. The molecule has 2 fully saturated rings. The zero-order chi connectivity index (χ0) is 24.6. The number of amides is 4. The molecule has 6 rings (SSSR count). The van der Waals surface area contributed by atoms with Crippen molar-refractivity contribution in [2.75, 3.05) is 10.2 Å². The lowest BCUT2D eigenvalue weighted by Crippen LogP contribution is -2.53. The molecule has 4 atom stereocenters. The van der Waals surface area contributed by atoms with Gasteiger partial charge in [0.1, 0.15) is 16.6 Å². The Morgan fingerprint density at radius 3 is 2.77 bits per heavy atom. The summed E-state index contributed by atoms with van der Waals surface area (Å²) >= 11 is 7.54. The number of nitrogens with two attached hydrogens (primary N) is 1. The highest BCUT2D eigenvalue weighted by Crippen LogP contribution is 2.55. The molecule has 11 heteroatoms. The Hall–Kier alpha value is -3.26. The summed E-state index contributed by atoms with van der Waals surface area (Å²) in [6.45, 7) is 0. The van der Waals surface area contributed by atoms with E-state index in [2.05, 4.69) is 16.7 Å². The van der Waals surface area contributed by atoms with Crippen LogP contribution in [0, 0.1) is 23.2 Å². The van der Waals surface area contributed by atoms with E-state index in [0.717, 1.165) is 41.0 Å². The van der Waals surface area contributed by atoms with E-state index in [4.69, 9.17) is 17.3 Å². The molecule has 4 heterocycles. The molecule has 4 amide bonds. The number of aryl methyl sites for hydroxylation is 1. The van der Waals surface area contributed by atoms with Gasteiger partial charge < -0.3 is 11.1 Å². The van der Waals surface area contributed by atoms with Crippen molar-refractivity contribution in [2.24, 2.45) is 17.6 Å². The first-order valence-corrected chi connectivity index (χ1v) is 12.6. The largest absolute Gasteiger partial charge is 0.370 e. The molecular weight excluding hydrogens is 490 g/mol. The fourth-order valence-corrected chi connectivity index (χ4v) is 7.71. The van der Waals surface area contributed by atoms with E-state index in [-0.39, 0.29) is 6.42 Å². The first-order chi connectivity index (χ1) is 16.8. The number of carbonyl (C=O) groups is 4. The number of benzene rings is 1. The maximum absolute atomic E-state index is 14.0. The molecule has 3 aliphatic heterocycles. The summed E-state index contributed by atoms with van der Waals surface area (Å²) in [6, 6.07) is 6.22. The minimum Gasteiger partial charge on any atom is -0.370 e. The summed E-state index contributed by atoms with van der Waals surface area (Å²) in [5, 5.41) is 16.5. The molecule has 1 aromatic carbocycles. The van der Waals surface area contributed by atoms with E-state index < -0.39 is 47.0 Å². The number of anilines is 2. The topological polar surface area (TPSA) is 145 Å². The van der Waals surface area contributed by atoms with Gasteiger partial charge >= 0.3 is 0 Å². The van der Waals surface area contributed by atoms with E-state index in [0.29, 0.717) is 26.8 Å². The van der Waals surface area contributed by atoms with Crippen molar-refractivity contribution >= 4 is 57.3 Å². The van der Waals surface area contributed by atoms with Crippen LogP contribution in [0.5, 0.6) is 0 Å². The van der Waals surface area contributed by atoms with Gasteiger partial charge in [0.15, 0.2) is 0 Å². The highest BCUT2D eigenvalue weighted by Gasteiger charge is 2.71. The summed E-state index contributed by atoms with van der Waals surface area (Å²) in [4.78, 5) is 55.3. The molecule has 4 N–H and O–H groups in total. The Morgan fingerprint density at radius 2 is 2.03 bits per heavy atom. The minimum atomic E-state index is -1.59.